The van der Waals surface area contributed by atoms with Crippen LogP contribution in [0.1, 0.15) is 34.1 Å². The second-order valence-electron chi connectivity index (χ2n) is 2.18. The third-order valence-corrected chi connectivity index (χ3v) is 1.39. The third kappa shape index (κ3) is 13.0. The van der Waals surface area contributed by atoms with Crippen molar-refractivity contribution < 1.29 is 4.74 Å². The zero-order valence-corrected chi connectivity index (χ0v) is 8.61. The van der Waals surface area contributed by atoms with Crippen LogP contribution in [0.5, 0.6) is 0 Å². The number of nitrogens with one attached hydrogen (secondary N) is 1. The van der Waals surface area contributed by atoms with Crippen LogP contribution in [0.2, 0.25) is 0 Å². The summed E-state index contributed by atoms with van der Waals surface area (Å²) in [7, 11) is 1.97. The van der Waals surface area contributed by atoms with Crippen LogP contribution in [-0.2, 0) is 4.74 Å². The maximum Gasteiger partial charge on any atom is 0.0480 e. The molecule has 0 amide bonds. The molecule has 0 bridgehead atoms. The fourth-order valence-corrected chi connectivity index (χ4v) is 0.549. The van der Waals surface area contributed by atoms with Gasteiger partial charge in [-0.15, -0.1) is 0 Å². The summed E-state index contributed by atoms with van der Waals surface area (Å²) in [6.07, 6.45) is 1.10. The normalized spacial score (nSPS) is 11.7. The number of hydrogen-bond acceptors (Lipinski definition) is 2. The van der Waals surface area contributed by atoms with Gasteiger partial charge in [0.15, 0.2) is 0 Å². The Labute approximate surface area is 71.3 Å². The van der Waals surface area contributed by atoms with Crippen molar-refractivity contribution in [1.29, 1.82) is 0 Å². The van der Waals surface area contributed by atoms with Gasteiger partial charge in [0.2, 0.25) is 0 Å². The molecule has 0 fully saturated rings. The minimum Gasteiger partial charge on any atom is -0.382 e. The Morgan fingerprint density at radius 1 is 1.36 bits per heavy atom. The summed E-state index contributed by atoms with van der Waals surface area (Å²) >= 11 is 0. The van der Waals surface area contributed by atoms with Crippen LogP contribution >= 0.6 is 0 Å². The number of ether oxygens (including phenoxy) is 1. The molecule has 0 rings (SSSR count). The van der Waals surface area contributed by atoms with Gasteiger partial charge < -0.3 is 10.1 Å². The van der Waals surface area contributed by atoms with Gasteiger partial charge in [0.05, 0.1) is 0 Å². The monoisotopic (exact) mass is 161 g/mol. The van der Waals surface area contributed by atoms with Crippen molar-refractivity contribution in [3.8, 4) is 0 Å². The Hall–Kier alpha value is -0.0800. The standard InChI is InChI=1S/C7H17NO.C2H6/c1-4-9-6-5-7(2)8-3;1-2/h7-8H,4-6H2,1-3H3;1-2H3. The van der Waals surface area contributed by atoms with E-state index in [9.17, 15) is 0 Å². The lowest BCUT2D eigenvalue weighted by atomic mass is 10.2. The lowest BCUT2D eigenvalue weighted by molar-refractivity contribution is 0.138. The predicted octanol–water partition coefficient (Wildman–Crippen LogP) is 2.05. The van der Waals surface area contributed by atoms with Gasteiger partial charge in [0, 0.05) is 19.3 Å². The van der Waals surface area contributed by atoms with Gasteiger partial charge >= 0.3 is 0 Å². The van der Waals surface area contributed by atoms with Gasteiger partial charge in [-0.25, -0.2) is 0 Å². The molecule has 0 saturated carbocycles. The highest BCUT2D eigenvalue weighted by Gasteiger charge is 1.94. The topological polar surface area (TPSA) is 21.3 Å². The molecule has 0 aromatic heterocycles. The quantitative estimate of drug-likeness (QED) is 0.623. The summed E-state index contributed by atoms with van der Waals surface area (Å²) in [5, 5.41) is 3.14. The molecule has 0 radical (unpaired) electrons. The Kier molecular flexibility index (Phi) is 15.4. The Morgan fingerprint density at radius 3 is 2.27 bits per heavy atom. The van der Waals surface area contributed by atoms with Crippen LogP contribution in [0, 0.1) is 0 Å². The van der Waals surface area contributed by atoms with Crippen molar-refractivity contribution in [2.45, 2.75) is 40.2 Å². The van der Waals surface area contributed by atoms with E-state index in [1.807, 2.05) is 27.8 Å². The Bertz CT molecular complexity index is 57.5. The van der Waals surface area contributed by atoms with Gasteiger partial charge in [-0.2, -0.15) is 0 Å². The molecule has 0 saturated heterocycles. The van der Waals surface area contributed by atoms with E-state index in [-0.39, 0.29) is 0 Å². The van der Waals surface area contributed by atoms with Crippen molar-refractivity contribution in [3.05, 3.63) is 0 Å². The van der Waals surface area contributed by atoms with Crippen LogP contribution in [0.3, 0.4) is 0 Å². The highest BCUT2D eigenvalue weighted by Crippen LogP contribution is 1.88. The van der Waals surface area contributed by atoms with E-state index in [0.717, 1.165) is 19.6 Å². The first-order valence-electron chi connectivity index (χ1n) is 4.56. The van der Waals surface area contributed by atoms with Gasteiger partial charge in [0.1, 0.15) is 0 Å². The minimum absolute atomic E-state index is 0.580. The van der Waals surface area contributed by atoms with E-state index in [1.54, 1.807) is 0 Å². The fourth-order valence-electron chi connectivity index (χ4n) is 0.549. The Morgan fingerprint density at radius 2 is 1.91 bits per heavy atom. The van der Waals surface area contributed by atoms with Crippen LogP contribution in [-0.4, -0.2) is 26.3 Å². The van der Waals surface area contributed by atoms with Crippen molar-refractivity contribution in [1.82, 2.24) is 5.32 Å². The van der Waals surface area contributed by atoms with E-state index in [2.05, 4.69) is 12.2 Å². The predicted molar refractivity (Wildman–Crippen MR) is 51.0 cm³/mol. The summed E-state index contributed by atoms with van der Waals surface area (Å²) in [4.78, 5) is 0. The largest absolute Gasteiger partial charge is 0.382 e. The van der Waals surface area contributed by atoms with Crippen LogP contribution in [0.4, 0.5) is 0 Å². The first-order chi connectivity index (χ1) is 5.31. The van der Waals surface area contributed by atoms with Gasteiger partial charge in [-0.3, -0.25) is 0 Å². The molecule has 1 unspecified atom stereocenters. The molecule has 2 nitrogen and oxygen atoms in total. The lowest BCUT2D eigenvalue weighted by Crippen LogP contribution is -2.22. The maximum atomic E-state index is 5.17. The maximum absolute atomic E-state index is 5.17. The summed E-state index contributed by atoms with van der Waals surface area (Å²) in [6, 6.07) is 0.580. The van der Waals surface area contributed by atoms with E-state index >= 15 is 0 Å². The summed E-state index contributed by atoms with van der Waals surface area (Å²) < 4.78 is 5.17. The van der Waals surface area contributed by atoms with E-state index in [0.29, 0.717) is 6.04 Å². The second kappa shape index (κ2) is 12.6. The van der Waals surface area contributed by atoms with Gasteiger partial charge in [-0.1, -0.05) is 13.8 Å². The zero-order chi connectivity index (χ0) is 9.11. The molecule has 11 heavy (non-hydrogen) atoms. The first kappa shape index (κ1) is 13.5. The molecule has 1 atom stereocenters. The van der Waals surface area contributed by atoms with Gasteiger partial charge in [-0.05, 0) is 27.3 Å². The second-order valence-corrected chi connectivity index (χ2v) is 2.18. The summed E-state index contributed by atoms with van der Waals surface area (Å²) in [5.41, 5.74) is 0. The molecular formula is C9H23NO. The average Bonchev–Trinajstić information content (AvgIpc) is 2.08. The third-order valence-electron chi connectivity index (χ3n) is 1.39. The highest BCUT2D eigenvalue weighted by molar-refractivity contribution is 4.54. The van der Waals surface area contributed by atoms with Crippen LogP contribution < -0.4 is 5.32 Å². The highest BCUT2D eigenvalue weighted by atomic mass is 16.5. The number of rotatable bonds is 5. The number of hydrogen-bond donors (Lipinski definition) is 1. The molecule has 0 aromatic carbocycles. The molecule has 0 aliphatic heterocycles. The summed E-state index contributed by atoms with van der Waals surface area (Å²) in [6.45, 7) is 9.87. The molecule has 0 aromatic rings. The molecule has 0 heterocycles. The van der Waals surface area contributed by atoms with Crippen molar-refractivity contribution in [2.24, 2.45) is 0 Å². The minimum atomic E-state index is 0.580. The van der Waals surface area contributed by atoms with Crippen LogP contribution in [0.15, 0.2) is 0 Å². The molecular weight excluding hydrogens is 138 g/mol. The molecule has 0 spiro atoms. The van der Waals surface area contributed by atoms with E-state index < -0.39 is 0 Å². The van der Waals surface area contributed by atoms with Crippen molar-refractivity contribution in [2.75, 3.05) is 20.3 Å². The average molecular weight is 161 g/mol. The molecule has 0 aliphatic carbocycles. The van der Waals surface area contributed by atoms with Gasteiger partial charge in [0.25, 0.3) is 0 Å². The smallest absolute Gasteiger partial charge is 0.0480 e. The summed E-state index contributed by atoms with van der Waals surface area (Å²) in [5.74, 6) is 0. The first-order valence-corrected chi connectivity index (χ1v) is 4.56. The fraction of sp³-hybridized carbons (Fsp3) is 1.00. The SMILES string of the molecule is CC.CCOCCC(C)NC. The molecule has 0 aliphatic rings. The Balaban J connectivity index is 0. The van der Waals surface area contributed by atoms with Crippen molar-refractivity contribution in [3.63, 3.8) is 0 Å². The molecule has 2 heteroatoms. The van der Waals surface area contributed by atoms with Crippen LogP contribution in [0.25, 0.3) is 0 Å². The zero-order valence-electron chi connectivity index (χ0n) is 8.61. The van der Waals surface area contributed by atoms with Crippen molar-refractivity contribution >= 4 is 0 Å². The lowest BCUT2D eigenvalue weighted by Gasteiger charge is -2.08. The van der Waals surface area contributed by atoms with E-state index in [1.165, 1.54) is 0 Å². The van der Waals surface area contributed by atoms with E-state index in [4.69, 9.17) is 4.74 Å². The molecule has 70 valence electrons. The molecule has 1 N–H and O–H groups in total.